The average molecular weight is 371 g/mol. The number of carbonyl (C=O) groups excluding carboxylic acids is 1. The molecule has 0 spiro atoms. The van der Waals surface area contributed by atoms with Gasteiger partial charge in [-0.25, -0.2) is 0 Å². The van der Waals surface area contributed by atoms with Gasteiger partial charge >= 0.3 is 0 Å². The Morgan fingerprint density at radius 3 is 3.00 bits per heavy atom. The first-order valence-electron chi connectivity index (χ1n) is 9.43. The molecule has 0 saturated carbocycles. The maximum atomic E-state index is 12.6. The average Bonchev–Trinajstić information content (AvgIpc) is 3.19. The number of benzene rings is 1. The molecule has 1 aromatic heterocycles. The van der Waals surface area contributed by atoms with Crippen LogP contribution in [-0.4, -0.2) is 61.4 Å². The molecular weight excluding hydrogens is 342 g/mol. The van der Waals surface area contributed by atoms with Crippen LogP contribution in [0, 0.1) is 0 Å². The number of piperidine rings is 1. The third-order valence-electron chi connectivity index (χ3n) is 5.04. The topological polar surface area (TPSA) is 71.4 Å². The number of methoxy groups -OCH3 is 1. The summed E-state index contributed by atoms with van der Waals surface area (Å²) in [5.41, 5.74) is 1.56. The number of ether oxygens (including phenoxy) is 1. The number of carbonyl (C=O) groups is 1. The Morgan fingerprint density at radius 1 is 1.44 bits per heavy atom. The van der Waals surface area contributed by atoms with E-state index < -0.39 is 0 Å². The van der Waals surface area contributed by atoms with Gasteiger partial charge in [0.2, 0.25) is 0 Å². The van der Waals surface area contributed by atoms with Crippen molar-refractivity contribution in [1.82, 2.24) is 25.3 Å². The molecule has 0 radical (unpaired) electrons. The Labute approximate surface area is 160 Å². The van der Waals surface area contributed by atoms with Crippen LogP contribution in [-0.2, 0) is 0 Å². The number of hydrogen-bond acceptors (Lipinski definition) is 5. The normalized spacial score (nSPS) is 18.3. The predicted molar refractivity (Wildman–Crippen MR) is 105 cm³/mol. The first-order valence-corrected chi connectivity index (χ1v) is 9.43. The lowest BCUT2D eigenvalue weighted by atomic mass is 10.1. The van der Waals surface area contributed by atoms with Crippen molar-refractivity contribution in [3.05, 3.63) is 47.8 Å². The van der Waals surface area contributed by atoms with Crippen LogP contribution in [0.2, 0.25) is 0 Å². The summed E-state index contributed by atoms with van der Waals surface area (Å²) in [5.74, 6) is 0.665. The van der Waals surface area contributed by atoms with Crippen LogP contribution < -0.4 is 15.4 Å². The minimum atomic E-state index is -0.146. The van der Waals surface area contributed by atoms with E-state index in [2.05, 4.69) is 20.6 Å². The number of aromatic nitrogens is 2. The number of nitrogens with zero attached hydrogens (tertiary/aromatic N) is 3. The van der Waals surface area contributed by atoms with Gasteiger partial charge in [0.05, 0.1) is 19.2 Å². The first kappa shape index (κ1) is 19.4. The van der Waals surface area contributed by atoms with Gasteiger partial charge < -0.3 is 20.3 Å². The molecule has 1 amide bonds. The Balaban J connectivity index is 1.63. The van der Waals surface area contributed by atoms with Crippen LogP contribution >= 0.6 is 0 Å². The number of nitrogens with one attached hydrogen (secondary N) is 2. The third kappa shape index (κ3) is 4.87. The smallest absolute Gasteiger partial charge is 0.271 e. The first-order chi connectivity index (χ1) is 13.1. The molecule has 1 aliphatic heterocycles. The number of rotatable bonds is 7. The Bertz CT molecular complexity index is 752. The zero-order valence-electron chi connectivity index (χ0n) is 16.3. The summed E-state index contributed by atoms with van der Waals surface area (Å²) >= 11 is 0. The Morgan fingerprint density at radius 2 is 2.30 bits per heavy atom. The molecule has 7 heteroatoms. The van der Waals surface area contributed by atoms with Crippen molar-refractivity contribution in [3.63, 3.8) is 0 Å². The summed E-state index contributed by atoms with van der Waals surface area (Å²) in [5, 5.41) is 10.9. The van der Waals surface area contributed by atoms with Gasteiger partial charge in [-0.3, -0.25) is 9.48 Å². The number of amides is 1. The molecule has 1 aromatic carbocycles. The molecule has 3 rings (SSSR count). The Hall–Kier alpha value is -2.38. The number of hydrogen-bond donors (Lipinski definition) is 2. The molecule has 27 heavy (non-hydrogen) atoms. The second-order valence-corrected chi connectivity index (χ2v) is 7.15. The van der Waals surface area contributed by atoms with Crippen LogP contribution in [0.25, 0.3) is 0 Å². The van der Waals surface area contributed by atoms with Gasteiger partial charge in [-0.2, -0.15) is 5.10 Å². The summed E-state index contributed by atoms with van der Waals surface area (Å²) in [4.78, 5) is 14.7. The summed E-state index contributed by atoms with van der Waals surface area (Å²) in [6.07, 6.45) is 4.13. The highest BCUT2D eigenvalue weighted by Gasteiger charge is 2.20. The van der Waals surface area contributed by atoms with Gasteiger partial charge in [-0.05, 0) is 57.2 Å². The summed E-state index contributed by atoms with van der Waals surface area (Å²) < 4.78 is 7.23. The van der Waals surface area contributed by atoms with Crippen molar-refractivity contribution < 1.29 is 9.53 Å². The zero-order valence-corrected chi connectivity index (χ0v) is 16.3. The fraction of sp³-hybridized carbons (Fsp3) is 0.500. The van der Waals surface area contributed by atoms with E-state index >= 15 is 0 Å². The van der Waals surface area contributed by atoms with Gasteiger partial charge in [0.25, 0.3) is 5.91 Å². The molecule has 7 nitrogen and oxygen atoms in total. The summed E-state index contributed by atoms with van der Waals surface area (Å²) in [7, 11) is 5.66. The minimum Gasteiger partial charge on any atom is -0.497 e. The van der Waals surface area contributed by atoms with E-state index in [-0.39, 0.29) is 11.9 Å². The number of likely N-dealkylation sites (N-methyl/N-ethyl adjacent to an activating group) is 1. The molecule has 1 fully saturated rings. The molecule has 1 saturated heterocycles. The molecule has 2 heterocycles. The lowest BCUT2D eigenvalue weighted by Crippen LogP contribution is -2.35. The second-order valence-electron chi connectivity index (χ2n) is 7.15. The SMILES string of the molecule is COc1cccc(C(CNC(=O)c2ccn(C3CCCNC3)n2)N(C)C)c1. The highest BCUT2D eigenvalue weighted by atomic mass is 16.5. The van der Waals surface area contributed by atoms with Crippen molar-refractivity contribution >= 4 is 5.91 Å². The van der Waals surface area contributed by atoms with Crippen molar-refractivity contribution in [2.24, 2.45) is 0 Å². The van der Waals surface area contributed by atoms with Crippen LogP contribution in [0.4, 0.5) is 0 Å². The van der Waals surface area contributed by atoms with Gasteiger partial charge in [0, 0.05) is 19.3 Å². The van der Waals surface area contributed by atoms with E-state index in [0.717, 1.165) is 37.2 Å². The predicted octanol–water partition coefficient (Wildman–Crippen LogP) is 1.85. The van der Waals surface area contributed by atoms with E-state index in [1.54, 1.807) is 13.2 Å². The molecule has 1 aliphatic rings. The maximum Gasteiger partial charge on any atom is 0.271 e. The second kappa shape index (κ2) is 9.01. The minimum absolute atomic E-state index is 0.0497. The van der Waals surface area contributed by atoms with Crippen LogP contribution in [0.3, 0.4) is 0 Å². The fourth-order valence-electron chi connectivity index (χ4n) is 3.45. The maximum absolute atomic E-state index is 12.6. The lowest BCUT2D eigenvalue weighted by molar-refractivity contribution is 0.0935. The summed E-state index contributed by atoms with van der Waals surface area (Å²) in [6.45, 7) is 2.46. The molecule has 2 N–H and O–H groups in total. The molecule has 2 unspecified atom stereocenters. The fourth-order valence-corrected chi connectivity index (χ4v) is 3.45. The molecular formula is C20H29N5O2. The van der Waals surface area contributed by atoms with Gasteiger partial charge in [0.1, 0.15) is 11.4 Å². The van der Waals surface area contributed by atoms with Crippen LogP contribution in [0.1, 0.15) is 41.0 Å². The monoisotopic (exact) mass is 371 g/mol. The Kier molecular flexibility index (Phi) is 6.47. The van der Waals surface area contributed by atoms with Gasteiger partial charge in [-0.1, -0.05) is 12.1 Å². The standard InChI is InChI=1S/C20H29N5O2/c1-24(2)19(15-6-4-8-17(12-15)27-3)14-22-20(26)18-9-11-25(23-18)16-7-5-10-21-13-16/h4,6,8-9,11-12,16,19,21H,5,7,10,13-14H2,1-3H3,(H,22,26). The third-order valence-corrected chi connectivity index (χ3v) is 5.04. The van der Waals surface area contributed by atoms with Crippen LogP contribution in [0.15, 0.2) is 36.5 Å². The van der Waals surface area contributed by atoms with Crippen molar-refractivity contribution in [3.8, 4) is 5.75 Å². The van der Waals surface area contributed by atoms with Gasteiger partial charge in [-0.15, -0.1) is 0 Å². The van der Waals surface area contributed by atoms with Crippen molar-refractivity contribution in [2.45, 2.75) is 24.9 Å². The van der Waals surface area contributed by atoms with E-state index in [4.69, 9.17) is 4.74 Å². The molecule has 2 aromatic rings. The largest absolute Gasteiger partial charge is 0.497 e. The quantitative estimate of drug-likeness (QED) is 0.777. The van der Waals surface area contributed by atoms with E-state index in [1.807, 2.05) is 49.2 Å². The van der Waals surface area contributed by atoms with E-state index in [0.29, 0.717) is 18.3 Å². The van der Waals surface area contributed by atoms with Gasteiger partial charge in [0.15, 0.2) is 0 Å². The van der Waals surface area contributed by atoms with Crippen molar-refractivity contribution in [2.75, 3.05) is 40.8 Å². The summed E-state index contributed by atoms with van der Waals surface area (Å²) in [6, 6.07) is 10.1. The highest BCUT2D eigenvalue weighted by molar-refractivity contribution is 5.92. The molecule has 146 valence electrons. The van der Waals surface area contributed by atoms with Crippen molar-refractivity contribution in [1.29, 1.82) is 0 Å². The van der Waals surface area contributed by atoms with E-state index in [1.165, 1.54) is 0 Å². The van der Waals surface area contributed by atoms with E-state index in [9.17, 15) is 4.79 Å². The van der Waals surface area contributed by atoms with Crippen LogP contribution in [0.5, 0.6) is 5.75 Å². The molecule has 0 bridgehead atoms. The molecule has 0 aliphatic carbocycles. The zero-order chi connectivity index (χ0) is 19.2. The molecule has 2 atom stereocenters. The highest BCUT2D eigenvalue weighted by Crippen LogP contribution is 2.22. The lowest BCUT2D eigenvalue weighted by Gasteiger charge is -2.25.